The fraction of sp³-hybridized carbons (Fsp3) is 0.667. The quantitative estimate of drug-likeness (QED) is 0.745. The molecule has 0 N–H and O–H groups in total. The Hall–Kier alpha value is -0.550. The average molecular weight is 273 g/mol. The number of nitrogens with zero attached hydrogens (tertiary/aromatic N) is 1. The molecule has 1 aromatic rings. The van der Waals surface area contributed by atoms with E-state index in [1.807, 2.05) is 6.92 Å². The highest BCUT2D eigenvalue weighted by Crippen LogP contribution is 2.22. The average Bonchev–Trinajstić information content (AvgIpc) is 2.76. The van der Waals surface area contributed by atoms with Crippen molar-refractivity contribution in [1.29, 1.82) is 0 Å². The molecular weight excluding hydrogens is 254 g/mol. The summed E-state index contributed by atoms with van der Waals surface area (Å²) in [6.45, 7) is 6.18. The topological polar surface area (TPSA) is 39.2 Å². The molecule has 1 atom stereocenters. The number of rotatable bonds is 6. The first-order valence-electron chi connectivity index (χ1n) is 5.64. The van der Waals surface area contributed by atoms with Gasteiger partial charge in [-0.2, -0.15) is 11.8 Å². The van der Waals surface area contributed by atoms with Gasteiger partial charge >= 0.3 is 5.97 Å². The van der Waals surface area contributed by atoms with Crippen molar-refractivity contribution in [2.45, 2.75) is 32.4 Å². The van der Waals surface area contributed by atoms with Crippen molar-refractivity contribution in [2.75, 3.05) is 12.9 Å². The fourth-order valence-electron chi connectivity index (χ4n) is 1.26. The molecule has 1 rings (SSSR count). The van der Waals surface area contributed by atoms with Gasteiger partial charge in [0, 0.05) is 22.8 Å². The van der Waals surface area contributed by atoms with E-state index in [0.29, 0.717) is 5.92 Å². The molecule has 1 heterocycles. The normalized spacial score (nSPS) is 12.8. The van der Waals surface area contributed by atoms with Gasteiger partial charge < -0.3 is 4.74 Å². The summed E-state index contributed by atoms with van der Waals surface area (Å²) in [6.07, 6.45) is 0. The molecule has 0 radical (unpaired) electrons. The second kappa shape index (κ2) is 7.01. The molecule has 3 nitrogen and oxygen atoms in total. The largest absolute Gasteiger partial charge is 0.469 e. The van der Waals surface area contributed by atoms with Gasteiger partial charge in [-0.1, -0.05) is 20.8 Å². The van der Waals surface area contributed by atoms with E-state index in [4.69, 9.17) is 0 Å². The SMILES string of the molecule is COC(=O)C(C)CSCc1csc(C(C)C)n1. The smallest absolute Gasteiger partial charge is 0.309 e. The Morgan fingerprint density at radius 3 is 2.76 bits per heavy atom. The Balaban J connectivity index is 2.33. The summed E-state index contributed by atoms with van der Waals surface area (Å²) in [5.74, 6) is 1.95. The van der Waals surface area contributed by atoms with E-state index >= 15 is 0 Å². The number of carbonyl (C=O) groups is 1. The number of carbonyl (C=O) groups excluding carboxylic acids is 1. The van der Waals surface area contributed by atoms with Crippen LogP contribution in [-0.2, 0) is 15.3 Å². The maximum atomic E-state index is 11.2. The summed E-state index contributed by atoms with van der Waals surface area (Å²) >= 11 is 3.44. The number of methoxy groups -OCH3 is 1. The Labute approximate surface area is 111 Å². The maximum absolute atomic E-state index is 11.2. The lowest BCUT2D eigenvalue weighted by atomic mass is 10.2. The summed E-state index contributed by atoms with van der Waals surface area (Å²) in [6, 6.07) is 0. The van der Waals surface area contributed by atoms with Gasteiger partial charge in [0.05, 0.1) is 23.7 Å². The van der Waals surface area contributed by atoms with Crippen LogP contribution in [0.4, 0.5) is 0 Å². The van der Waals surface area contributed by atoms with Crippen LogP contribution < -0.4 is 0 Å². The molecule has 0 aliphatic carbocycles. The lowest BCUT2D eigenvalue weighted by Crippen LogP contribution is -2.14. The highest BCUT2D eigenvalue weighted by atomic mass is 32.2. The molecule has 0 amide bonds. The molecule has 0 aliphatic heterocycles. The van der Waals surface area contributed by atoms with Crippen molar-refractivity contribution in [1.82, 2.24) is 4.98 Å². The molecule has 0 spiro atoms. The van der Waals surface area contributed by atoms with Crippen molar-refractivity contribution < 1.29 is 9.53 Å². The summed E-state index contributed by atoms with van der Waals surface area (Å²) in [7, 11) is 1.43. The Kier molecular flexibility index (Phi) is 5.98. The Morgan fingerprint density at radius 2 is 2.24 bits per heavy atom. The minimum atomic E-state index is -0.140. The van der Waals surface area contributed by atoms with Crippen LogP contribution in [0.25, 0.3) is 0 Å². The van der Waals surface area contributed by atoms with Gasteiger partial charge in [0.1, 0.15) is 0 Å². The van der Waals surface area contributed by atoms with E-state index in [1.165, 1.54) is 12.1 Å². The van der Waals surface area contributed by atoms with Gasteiger partial charge in [0.2, 0.25) is 0 Å². The van der Waals surface area contributed by atoms with Crippen LogP contribution in [-0.4, -0.2) is 23.8 Å². The van der Waals surface area contributed by atoms with Crippen LogP contribution in [0.15, 0.2) is 5.38 Å². The summed E-state index contributed by atoms with van der Waals surface area (Å²) in [5.41, 5.74) is 1.11. The number of esters is 1. The van der Waals surface area contributed by atoms with Crippen molar-refractivity contribution >= 4 is 29.1 Å². The van der Waals surface area contributed by atoms with E-state index in [-0.39, 0.29) is 11.9 Å². The maximum Gasteiger partial charge on any atom is 0.309 e. The molecule has 1 unspecified atom stereocenters. The van der Waals surface area contributed by atoms with Gasteiger partial charge in [0.25, 0.3) is 0 Å². The lowest BCUT2D eigenvalue weighted by Gasteiger charge is -2.07. The first kappa shape index (κ1) is 14.5. The molecule has 17 heavy (non-hydrogen) atoms. The molecule has 0 bridgehead atoms. The van der Waals surface area contributed by atoms with Crippen LogP contribution in [0.1, 0.15) is 37.4 Å². The first-order chi connectivity index (χ1) is 8.04. The molecule has 1 aromatic heterocycles. The van der Waals surface area contributed by atoms with Gasteiger partial charge in [-0.3, -0.25) is 4.79 Å². The van der Waals surface area contributed by atoms with Crippen LogP contribution in [0.2, 0.25) is 0 Å². The Bertz CT molecular complexity index is 363. The van der Waals surface area contributed by atoms with Gasteiger partial charge in [-0.25, -0.2) is 4.98 Å². The van der Waals surface area contributed by atoms with Gasteiger partial charge in [0.15, 0.2) is 0 Å². The van der Waals surface area contributed by atoms with Gasteiger partial charge in [-0.05, 0) is 0 Å². The molecule has 0 fully saturated rings. The van der Waals surface area contributed by atoms with E-state index in [2.05, 4.69) is 28.9 Å². The number of hydrogen-bond donors (Lipinski definition) is 0. The standard InChI is InChI=1S/C12H19NO2S2/c1-8(2)11-13-10(7-17-11)6-16-5-9(3)12(14)15-4/h7-9H,5-6H2,1-4H3. The zero-order valence-corrected chi connectivity index (χ0v) is 12.4. The second-order valence-electron chi connectivity index (χ2n) is 4.27. The minimum absolute atomic E-state index is 0.0480. The molecule has 5 heteroatoms. The number of thiazole rings is 1. The number of aromatic nitrogens is 1. The zero-order chi connectivity index (χ0) is 12.8. The van der Waals surface area contributed by atoms with E-state index < -0.39 is 0 Å². The third-order valence-electron chi connectivity index (χ3n) is 2.28. The minimum Gasteiger partial charge on any atom is -0.469 e. The van der Waals surface area contributed by atoms with Crippen molar-refractivity contribution in [3.8, 4) is 0 Å². The predicted molar refractivity (Wildman–Crippen MR) is 73.5 cm³/mol. The molecule has 0 aliphatic rings. The van der Waals surface area contributed by atoms with Crippen molar-refractivity contribution in [2.24, 2.45) is 5.92 Å². The highest BCUT2D eigenvalue weighted by molar-refractivity contribution is 7.98. The molecule has 0 aromatic carbocycles. The number of hydrogen-bond acceptors (Lipinski definition) is 5. The van der Waals surface area contributed by atoms with Crippen LogP contribution >= 0.6 is 23.1 Å². The highest BCUT2D eigenvalue weighted by Gasteiger charge is 2.13. The molecule has 0 saturated carbocycles. The summed E-state index contributed by atoms with van der Waals surface area (Å²) < 4.78 is 4.68. The summed E-state index contributed by atoms with van der Waals surface area (Å²) in [4.78, 5) is 15.8. The fourth-order valence-corrected chi connectivity index (χ4v) is 3.17. The number of thioether (sulfide) groups is 1. The van der Waals surface area contributed by atoms with Crippen LogP contribution in [0.3, 0.4) is 0 Å². The monoisotopic (exact) mass is 273 g/mol. The summed E-state index contributed by atoms with van der Waals surface area (Å²) in [5, 5.41) is 3.28. The number of ether oxygens (including phenoxy) is 1. The third kappa shape index (κ3) is 4.68. The third-order valence-corrected chi connectivity index (χ3v) is 4.71. The van der Waals surface area contributed by atoms with E-state index in [9.17, 15) is 4.79 Å². The zero-order valence-electron chi connectivity index (χ0n) is 10.7. The van der Waals surface area contributed by atoms with Gasteiger partial charge in [-0.15, -0.1) is 11.3 Å². The molecule has 96 valence electrons. The molecule has 0 saturated heterocycles. The van der Waals surface area contributed by atoms with Crippen LogP contribution in [0.5, 0.6) is 0 Å². The molecular formula is C12H19NO2S2. The first-order valence-corrected chi connectivity index (χ1v) is 7.68. The Morgan fingerprint density at radius 1 is 1.53 bits per heavy atom. The van der Waals surface area contributed by atoms with E-state index in [1.54, 1.807) is 23.1 Å². The van der Waals surface area contributed by atoms with E-state index in [0.717, 1.165) is 17.2 Å². The van der Waals surface area contributed by atoms with Crippen molar-refractivity contribution in [3.05, 3.63) is 16.1 Å². The van der Waals surface area contributed by atoms with Crippen molar-refractivity contribution in [3.63, 3.8) is 0 Å². The predicted octanol–water partition coefficient (Wildman–Crippen LogP) is 3.31. The second-order valence-corrected chi connectivity index (χ2v) is 6.19. The van der Waals surface area contributed by atoms with Crippen LogP contribution in [0, 0.1) is 5.92 Å². The lowest BCUT2D eigenvalue weighted by molar-refractivity contribution is -0.143.